The molecule has 3 fully saturated rings. The number of hydrogen-bond acceptors (Lipinski definition) is 6. The summed E-state index contributed by atoms with van der Waals surface area (Å²) in [4.78, 5) is 21.5. The minimum atomic E-state index is -3.43. The average molecular weight is 491 g/mol. The van der Waals surface area contributed by atoms with Gasteiger partial charge in [-0.05, 0) is 42.0 Å². The van der Waals surface area contributed by atoms with Crippen molar-refractivity contribution in [3.8, 4) is 0 Å². The van der Waals surface area contributed by atoms with Gasteiger partial charge < -0.3 is 19.4 Å². The second-order valence-electron chi connectivity index (χ2n) is 9.64. The zero-order valence-corrected chi connectivity index (χ0v) is 20.6. The van der Waals surface area contributed by atoms with E-state index in [2.05, 4.69) is 34.1 Å². The van der Waals surface area contributed by atoms with Crippen LogP contribution in [0.1, 0.15) is 18.4 Å². The minimum Gasteiger partial charge on any atom is -0.383 e. The van der Waals surface area contributed by atoms with E-state index in [0.29, 0.717) is 52.3 Å². The molecule has 186 valence electrons. The Hall–Kier alpha value is -1.98. The van der Waals surface area contributed by atoms with Gasteiger partial charge in [0, 0.05) is 64.1 Å². The highest BCUT2D eigenvalue weighted by atomic mass is 32.2. The first-order valence-electron chi connectivity index (χ1n) is 12.1. The van der Waals surface area contributed by atoms with Crippen molar-refractivity contribution < 1.29 is 22.7 Å². The van der Waals surface area contributed by atoms with Gasteiger partial charge in [0.25, 0.3) is 0 Å². The molecule has 1 N–H and O–H groups in total. The lowest BCUT2D eigenvalue weighted by Gasteiger charge is -2.54. The van der Waals surface area contributed by atoms with Crippen molar-refractivity contribution in [2.45, 2.75) is 25.4 Å². The summed E-state index contributed by atoms with van der Waals surface area (Å²) in [5, 5.41) is 1.17. The number of rotatable bonds is 6. The van der Waals surface area contributed by atoms with Crippen LogP contribution in [0.25, 0.3) is 10.9 Å². The van der Waals surface area contributed by atoms with E-state index in [0.717, 1.165) is 18.6 Å². The van der Waals surface area contributed by atoms with Gasteiger partial charge >= 0.3 is 0 Å². The number of likely N-dealkylation sites (tertiary alicyclic amines) is 1. The second kappa shape index (κ2) is 9.58. The highest BCUT2D eigenvalue weighted by Crippen LogP contribution is 2.44. The van der Waals surface area contributed by atoms with Gasteiger partial charge in [0.15, 0.2) is 0 Å². The Bertz CT molecular complexity index is 1130. The van der Waals surface area contributed by atoms with Gasteiger partial charge in [-0.15, -0.1) is 0 Å². The number of ether oxygens (including phenoxy) is 2. The maximum Gasteiger partial charge on any atom is 0.231 e. The number of fused-ring (bicyclic) bond motifs is 2. The number of morpholine rings is 1. The van der Waals surface area contributed by atoms with Crippen LogP contribution in [0.4, 0.5) is 0 Å². The lowest BCUT2D eigenvalue weighted by atomic mass is 9.71. The lowest BCUT2D eigenvalue weighted by Crippen LogP contribution is -2.69. The van der Waals surface area contributed by atoms with E-state index in [1.165, 1.54) is 10.9 Å². The van der Waals surface area contributed by atoms with E-state index in [1.54, 1.807) is 11.4 Å². The number of benzene rings is 1. The molecule has 3 saturated heterocycles. The van der Waals surface area contributed by atoms with Gasteiger partial charge in [-0.1, -0.05) is 6.07 Å². The second-order valence-corrected chi connectivity index (χ2v) is 11.7. The van der Waals surface area contributed by atoms with Gasteiger partial charge in [0.05, 0.1) is 31.0 Å². The van der Waals surface area contributed by atoms with Crippen LogP contribution in [0.15, 0.2) is 30.5 Å². The monoisotopic (exact) mass is 490 g/mol. The molecule has 9 nitrogen and oxygen atoms in total. The first kappa shape index (κ1) is 23.7. The Kier molecular flexibility index (Phi) is 6.69. The quantitative estimate of drug-likeness (QED) is 0.655. The summed E-state index contributed by atoms with van der Waals surface area (Å²) in [6.07, 6.45) is 2.92. The number of aromatic nitrogens is 1. The summed E-state index contributed by atoms with van der Waals surface area (Å²) in [7, 11) is -1.85. The molecule has 3 aliphatic heterocycles. The van der Waals surface area contributed by atoms with Crippen LogP contribution in [0.2, 0.25) is 0 Å². The fourth-order valence-electron chi connectivity index (χ4n) is 5.92. The van der Waals surface area contributed by atoms with Gasteiger partial charge in [-0.25, -0.2) is 8.42 Å². The molecular formula is C24H34N4O5S. The van der Waals surface area contributed by atoms with E-state index < -0.39 is 15.4 Å². The molecule has 34 heavy (non-hydrogen) atoms. The zero-order chi connectivity index (χ0) is 23.8. The largest absolute Gasteiger partial charge is 0.383 e. The van der Waals surface area contributed by atoms with Crippen LogP contribution in [0.3, 0.4) is 0 Å². The molecule has 0 spiro atoms. The Balaban J connectivity index is 1.44. The summed E-state index contributed by atoms with van der Waals surface area (Å²) < 4.78 is 38.4. The predicted octanol–water partition coefficient (Wildman–Crippen LogP) is 1.27. The molecule has 1 amide bonds. The molecule has 1 aromatic heterocycles. The molecule has 3 aliphatic rings. The predicted molar refractivity (Wildman–Crippen MR) is 129 cm³/mol. The number of carbonyl (C=O) groups excluding carboxylic acids is 1. The Morgan fingerprint density at radius 2 is 2.06 bits per heavy atom. The summed E-state index contributed by atoms with van der Waals surface area (Å²) in [6, 6.07) is 8.11. The van der Waals surface area contributed by atoms with E-state index in [1.807, 2.05) is 11.1 Å². The number of aromatic amines is 1. The Morgan fingerprint density at radius 3 is 2.85 bits per heavy atom. The maximum atomic E-state index is 14.1. The molecule has 2 atom stereocenters. The highest BCUT2D eigenvalue weighted by molar-refractivity contribution is 7.89. The van der Waals surface area contributed by atoms with E-state index in [4.69, 9.17) is 9.47 Å². The summed E-state index contributed by atoms with van der Waals surface area (Å²) in [5.41, 5.74) is 1.54. The number of H-pyrrole nitrogens is 1. The van der Waals surface area contributed by atoms with Crippen molar-refractivity contribution in [3.05, 3.63) is 36.0 Å². The third-order valence-electron chi connectivity index (χ3n) is 7.64. The van der Waals surface area contributed by atoms with Crippen molar-refractivity contribution in [1.82, 2.24) is 19.1 Å². The number of hydrogen-bond donors (Lipinski definition) is 1. The van der Waals surface area contributed by atoms with Crippen molar-refractivity contribution in [3.63, 3.8) is 0 Å². The first-order chi connectivity index (χ1) is 16.4. The van der Waals surface area contributed by atoms with Crippen molar-refractivity contribution in [2.24, 2.45) is 5.41 Å². The average Bonchev–Trinajstić information content (AvgIpc) is 3.31. The number of sulfonamides is 1. The lowest BCUT2D eigenvalue weighted by molar-refractivity contribution is -0.155. The van der Waals surface area contributed by atoms with Gasteiger partial charge in [0.2, 0.25) is 15.9 Å². The van der Waals surface area contributed by atoms with E-state index >= 15 is 0 Å². The third-order valence-corrected chi connectivity index (χ3v) is 9.51. The van der Waals surface area contributed by atoms with Crippen molar-refractivity contribution in [2.75, 3.05) is 65.4 Å². The topological polar surface area (TPSA) is 95.2 Å². The number of amides is 1. The number of methoxy groups -OCH3 is 1. The van der Waals surface area contributed by atoms with Crippen LogP contribution < -0.4 is 0 Å². The van der Waals surface area contributed by atoms with Gasteiger partial charge in [-0.3, -0.25) is 9.69 Å². The molecule has 10 heteroatoms. The minimum absolute atomic E-state index is 0.00750. The SMILES string of the molecule is COCCN1[C@@H]2CCN(Cc3ccc4[nH]ccc4c3)C[C@@]2(C(=O)N2CCOCC2)CCS1(=O)=O. The molecule has 4 heterocycles. The Morgan fingerprint density at radius 1 is 1.24 bits per heavy atom. The maximum absolute atomic E-state index is 14.1. The molecule has 1 aromatic carbocycles. The Labute approximate surface area is 201 Å². The van der Waals surface area contributed by atoms with Crippen LogP contribution in [0.5, 0.6) is 0 Å². The number of carbonyl (C=O) groups is 1. The molecule has 0 saturated carbocycles. The number of piperidine rings is 1. The molecule has 2 aromatic rings. The third kappa shape index (κ3) is 4.37. The van der Waals surface area contributed by atoms with Gasteiger partial charge in [0.1, 0.15) is 0 Å². The van der Waals surface area contributed by atoms with Gasteiger partial charge in [-0.2, -0.15) is 4.31 Å². The van der Waals surface area contributed by atoms with Crippen LogP contribution in [-0.2, 0) is 30.8 Å². The molecule has 0 aliphatic carbocycles. The normalized spacial score (nSPS) is 28.1. The smallest absolute Gasteiger partial charge is 0.231 e. The fraction of sp³-hybridized carbons (Fsp3) is 0.625. The summed E-state index contributed by atoms with van der Waals surface area (Å²) >= 11 is 0. The summed E-state index contributed by atoms with van der Waals surface area (Å²) in [5.74, 6) is 0.0656. The molecular weight excluding hydrogens is 456 g/mol. The number of nitrogens with one attached hydrogen (secondary N) is 1. The number of nitrogens with zero attached hydrogens (tertiary/aromatic N) is 3. The van der Waals surface area contributed by atoms with Crippen LogP contribution in [-0.4, -0.2) is 105 Å². The van der Waals surface area contributed by atoms with Crippen LogP contribution in [0, 0.1) is 5.41 Å². The molecule has 0 unspecified atom stereocenters. The van der Waals surface area contributed by atoms with E-state index in [-0.39, 0.29) is 24.2 Å². The molecule has 0 bridgehead atoms. The van der Waals surface area contributed by atoms with Crippen molar-refractivity contribution >= 4 is 26.8 Å². The van der Waals surface area contributed by atoms with Crippen LogP contribution >= 0.6 is 0 Å². The highest BCUT2D eigenvalue weighted by Gasteiger charge is 2.58. The zero-order valence-electron chi connectivity index (χ0n) is 19.7. The fourth-order valence-corrected chi connectivity index (χ4v) is 7.83. The molecule has 5 rings (SSSR count). The summed E-state index contributed by atoms with van der Waals surface area (Å²) in [6.45, 7) is 4.80. The molecule has 0 radical (unpaired) electrons. The van der Waals surface area contributed by atoms with Crippen molar-refractivity contribution in [1.29, 1.82) is 0 Å². The first-order valence-corrected chi connectivity index (χ1v) is 13.7. The van der Waals surface area contributed by atoms with E-state index in [9.17, 15) is 13.2 Å². The standard InChI is InChI=1S/C24H34N4O5S/c1-32-12-11-28-22-5-8-26(17-19-2-3-21-20(16-19)4-7-25-21)18-24(22,6-15-34(28,30)31)23(29)27-9-13-33-14-10-27/h2-4,7,16,22,25H,5-6,8-15,17-18H2,1H3/t22-,24+/m1/s1.